The summed E-state index contributed by atoms with van der Waals surface area (Å²) in [5.74, 6) is 0.549. The third-order valence-electron chi connectivity index (χ3n) is 1.44. The first-order valence-electron chi connectivity index (χ1n) is 3.58. The van der Waals surface area contributed by atoms with Gasteiger partial charge in [-0.05, 0) is 5.57 Å². The van der Waals surface area contributed by atoms with Crippen LogP contribution in [0.1, 0.15) is 0 Å². The van der Waals surface area contributed by atoms with Gasteiger partial charge in [0.05, 0.1) is 11.5 Å². The standard InChI is InChI=1S/C7H9N3O2S/c1-6(5-13)3-9-4-7(2-8-9)10(11)12/h2,4,13H,1,3,5H2. The van der Waals surface area contributed by atoms with Crippen LogP contribution < -0.4 is 0 Å². The fraction of sp³-hybridized carbons (Fsp3) is 0.286. The molecular formula is C7H9N3O2S. The summed E-state index contributed by atoms with van der Waals surface area (Å²) in [6, 6.07) is 0. The van der Waals surface area contributed by atoms with Crippen molar-refractivity contribution in [3.63, 3.8) is 0 Å². The average Bonchev–Trinajstić information content (AvgIpc) is 2.52. The molecule has 0 atom stereocenters. The van der Waals surface area contributed by atoms with Gasteiger partial charge in [0.1, 0.15) is 12.4 Å². The highest BCUT2D eigenvalue weighted by Crippen LogP contribution is 2.09. The molecule has 0 aromatic carbocycles. The molecule has 1 rings (SSSR count). The van der Waals surface area contributed by atoms with Gasteiger partial charge in [-0.2, -0.15) is 17.7 Å². The molecule has 0 saturated heterocycles. The third kappa shape index (κ3) is 2.59. The minimum Gasteiger partial charge on any atom is -0.261 e. The van der Waals surface area contributed by atoms with Crippen molar-refractivity contribution in [3.05, 3.63) is 34.7 Å². The van der Waals surface area contributed by atoms with E-state index in [0.717, 1.165) is 5.57 Å². The van der Waals surface area contributed by atoms with Crippen molar-refractivity contribution < 1.29 is 4.92 Å². The van der Waals surface area contributed by atoms with E-state index < -0.39 is 4.92 Å². The molecule has 1 heterocycles. The van der Waals surface area contributed by atoms with Crippen LogP contribution in [0.5, 0.6) is 0 Å². The van der Waals surface area contributed by atoms with E-state index in [1.54, 1.807) is 0 Å². The molecule has 0 unspecified atom stereocenters. The van der Waals surface area contributed by atoms with Gasteiger partial charge in [-0.15, -0.1) is 0 Å². The number of rotatable bonds is 4. The number of aromatic nitrogens is 2. The van der Waals surface area contributed by atoms with Crippen LogP contribution in [-0.4, -0.2) is 20.5 Å². The molecule has 0 aliphatic rings. The zero-order chi connectivity index (χ0) is 9.84. The Hall–Kier alpha value is -1.30. The summed E-state index contributed by atoms with van der Waals surface area (Å²) in [6.07, 6.45) is 2.58. The quantitative estimate of drug-likeness (QED) is 0.344. The van der Waals surface area contributed by atoms with Crippen molar-refractivity contribution in [2.45, 2.75) is 6.54 Å². The summed E-state index contributed by atoms with van der Waals surface area (Å²) in [5.41, 5.74) is 0.855. The number of nitro groups is 1. The monoisotopic (exact) mass is 199 g/mol. The zero-order valence-corrected chi connectivity index (χ0v) is 7.78. The van der Waals surface area contributed by atoms with Gasteiger partial charge in [0.15, 0.2) is 0 Å². The molecule has 70 valence electrons. The maximum Gasteiger partial charge on any atom is 0.307 e. The van der Waals surface area contributed by atoms with Gasteiger partial charge in [0.25, 0.3) is 0 Å². The smallest absolute Gasteiger partial charge is 0.261 e. The van der Waals surface area contributed by atoms with E-state index in [9.17, 15) is 10.1 Å². The van der Waals surface area contributed by atoms with Crippen LogP contribution in [0.2, 0.25) is 0 Å². The van der Waals surface area contributed by atoms with Crippen molar-refractivity contribution in [2.75, 3.05) is 5.75 Å². The SMILES string of the molecule is C=C(CS)Cn1cc([N+](=O)[O-])cn1. The molecular weight excluding hydrogens is 190 g/mol. The van der Waals surface area contributed by atoms with E-state index in [4.69, 9.17) is 0 Å². The molecule has 0 fully saturated rings. The Labute approximate surface area is 80.6 Å². The van der Waals surface area contributed by atoms with Gasteiger partial charge in [0.2, 0.25) is 0 Å². The van der Waals surface area contributed by atoms with Crippen molar-refractivity contribution in [1.82, 2.24) is 9.78 Å². The largest absolute Gasteiger partial charge is 0.307 e. The third-order valence-corrected chi connectivity index (χ3v) is 1.89. The van der Waals surface area contributed by atoms with Gasteiger partial charge in [-0.1, -0.05) is 6.58 Å². The minimum atomic E-state index is -0.479. The van der Waals surface area contributed by atoms with Crippen molar-refractivity contribution in [1.29, 1.82) is 0 Å². The second-order valence-electron chi connectivity index (χ2n) is 2.56. The molecule has 0 N–H and O–H groups in total. The van der Waals surface area contributed by atoms with Gasteiger partial charge >= 0.3 is 5.69 Å². The fourth-order valence-corrected chi connectivity index (χ4v) is 0.913. The number of thiol groups is 1. The maximum absolute atomic E-state index is 10.3. The summed E-state index contributed by atoms with van der Waals surface area (Å²) < 4.78 is 1.47. The van der Waals surface area contributed by atoms with E-state index in [1.165, 1.54) is 17.1 Å². The lowest BCUT2D eigenvalue weighted by Gasteiger charge is -1.99. The second kappa shape index (κ2) is 4.08. The Morgan fingerprint density at radius 3 is 3.00 bits per heavy atom. The number of hydrogen-bond acceptors (Lipinski definition) is 4. The lowest BCUT2D eigenvalue weighted by atomic mass is 10.3. The molecule has 0 spiro atoms. The van der Waals surface area contributed by atoms with Crippen LogP contribution >= 0.6 is 12.6 Å². The first-order valence-corrected chi connectivity index (χ1v) is 4.21. The lowest BCUT2D eigenvalue weighted by Crippen LogP contribution is -2.01. The van der Waals surface area contributed by atoms with E-state index >= 15 is 0 Å². The van der Waals surface area contributed by atoms with Gasteiger partial charge in [-0.25, -0.2) is 0 Å². The molecule has 1 aromatic heterocycles. The summed E-state index contributed by atoms with van der Waals surface area (Å²) in [6.45, 7) is 4.19. The molecule has 0 bridgehead atoms. The van der Waals surface area contributed by atoms with E-state index in [2.05, 4.69) is 24.3 Å². The van der Waals surface area contributed by atoms with Crippen molar-refractivity contribution >= 4 is 18.3 Å². The van der Waals surface area contributed by atoms with Crippen LogP contribution in [0.3, 0.4) is 0 Å². The highest BCUT2D eigenvalue weighted by Gasteiger charge is 2.08. The fourth-order valence-electron chi connectivity index (χ4n) is 0.813. The molecule has 6 heteroatoms. The van der Waals surface area contributed by atoms with E-state index in [0.29, 0.717) is 12.3 Å². The predicted octanol–water partition coefficient (Wildman–Crippen LogP) is 1.28. The first kappa shape index (κ1) is 9.79. The predicted molar refractivity (Wildman–Crippen MR) is 51.9 cm³/mol. The normalized spacial score (nSPS) is 9.92. The van der Waals surface area contributed by atoms with Gasteiger partial charge in [0, 0.05) is 5.75 Å². The van der Waals surface area contributed by atoms with E-state index in [1.807, 2.05) is 0 Å². The summed E-state index contributed by atoms with van der Waals surface area (Å²) in [5, 5.41) is 14.1. The lowest BCUT2D eigenvalue weighted by molar-refractivity contribution is -0.385. The van der Waals surface area contributed by atoms with Crippen LogP contribution in [0, 0.1) is 10.1 Å². The molecule has 13 heavy (non-hydrogen) atoms. The summed E-state index contributed by atoms with van der Waals surface area (Å²) >= 11 is 4.02. The molecule has 5 nitrogen and oxygen atoms in total. The molecule has 0 aliphatic carbocycles. The Balaban J connectivity index is 2.69. The first-order chi connectivity index (χ1) is 6.13. The molecule has 0 amide bonds. The van der Waals surface area contributed by atoms with Crippen LogP contribution in [0.4, 0.5) is 5.69 Å². The van der Waals surface area contributed by atoms with Crippen LogP contribution in [0.15, 0.2) is 24.5 Å². The molecule has 0 aliphatic heterocycles. The zero-order valence-electron chi connectivity index (χ0n) is 6.88. The Morgan fingerprint density at radius 2 is 2.54 bits per heavy atom. The average molecular weight is 199 g/mol. The Morgan fingerprint density at radius 1 is 1.85 bits per heavy atom. The minimum absolute atomic E-state index is 0.00744. The van der Waals surface area contributed by atoms with Gasteiger partial charge < -0.3 is 0 Å². The van der Waals surface area contributed by atoms with Crippen LogP contribution in [-0.2, 0) is 6.54 Å². The summed E-state index contributed by atoms with van der Waals surface area (Å²) in [7, 11) is 0. The molecule has 0 saturated carbocycles. The van der Waals surface area contributed by atoms with Crippen molar-refractivity contribution in [2.24, 2.45) is 0 Å². The maximum atomic E-state index is 10.3. The van der Waals surface area contributed by atoms with Gasteiger partial charge in [-0.3, -0.25) is 14.8 Å². The summed E-state index contributed by atoms with van der Waals surface area (Å²) in [4.78, 5) is 9.81. The number of nitrogens with zero attached hydrogens (tertiary/aromatic N) is 3. The Kier molecular flexibility index (Phi) is 3.07. The highest BCUT2D eigenvalue weighted by atomic mass is 32.1. The van der Waals surface area contributed by atoms with E-state index in [-0.39, 0.29) is 5.69 Å². The second-order valence-corrected chi connectivity index (χ2v) is 2.88. The number of hydrogen-bond donors (Lipinski definition) is 1. The molecule has 1 aromatic rings. The van der Waals surface area contributed by atoms with Crippen LogP contribution in [0.25, 0.3) is 0 Å². The van der Waals surface area contributed by atoms with Crippen molar-refractivity contribution in [3.8, 4) is 0 Å². The Bertz CT molecular complexity index is 334. The topological polar surface area (TPSA) is 61.0 Å². The highest BCUT2D eigenvalue weighted by molar-refractivity contribution is 7.80. The molecule has 0 radical (unpaired) electrons.